The fraction of sp³-hybridized carbons (Fsp3) is 0.0244. The average Bonchev–Trinajstić information content (AvgIpc) is 3.63. The van der Waals surface area contributed by atoms with E-state index in [9.17, 15) is 0 Å². The van der Waals surface area contributed by atoms with E-state index in [0.29, 0.717) is 0 Å². The zero-order valence-electron chi connectivity index (χ0n) is 24.4. The topological polar surface area (TPSA) is 44.1 Å². The van der Waals surface area contributed by atoms with Gasteiger partial charge in [0.2, 0.25) is 0 Å². The van der Waals surface area contributed by atoms with Crippen molar-refractivity contribution in [3.8, 4) is 16.8 Å². The van der Waals surface area contributed by atoms with E-state index in [0.717, 1.165) is 44.0 Å². The van der Waals surface area contributed by atoms with Crippen molar-refractivity contribution < 1.29 is 4.42 Å². The Labute approximate surface area is 264 Å². The summed E-state index contributed by atoms with van der Waals surface area (Å²) in [6.45, 7) is 0. The molecule has 0 aliphatic carbocycles. The van der Waals surface area contributed by atoms with Crippen LogP contribution in [0.1, 0.15) is 5.56 Å². The maximum Gasteiger partial charge on any atom is 0.136 e. The molecular formula is C41H28N2OS. The number of rotatable bonds is 5. The number of benzene rings is 7. The summed E-state index contributed by atoms with van der Waals surface area (Å²) in [5, 5.41) is 7.27. The molecule has 0 aliphatic heterocycles. The molecule has 2 heterocycles. The summed E-state index contributed by atoms with van der Waals surface area (Å²) < 4.78 is 8.47. The van der Waals surface area contributed by atoms with E-state index in [2.05, 4.69) is 120 Å². The van der Waals surface area contributed by atoms with Gasteiger partial charge in [-0.1, -0.05) is 97.1 Å². The number of aromatic nitrogens is 1. The van der Waals surface area contributed by atoms with Gasteiger partial charge in [-0.25, -0.2) is 0 Å². The number of fused-ring (bicyclic) bond motifs is 7. The lowest BCUT2D eigenvalue weighted by Gasteiger charge is -2.11. The minimum atomic E-state index is 0.784. The summed E-state index contributed by atoms with van der Waals surface area (Å²) >= 11 is 1.77. The Morgan fingerprint density at radius 1 is 0.556 bits per heavy atom. The van der Waals surface area contributed by atoms with E-state index in [4.69, 9.17) is 10.2 Å². The molecule has 9 rings (SSSR count). The number of nitrogen functional groups attached to an aromatic ring is 1. The van der Waals surface area contributed by atoms with Gasteiger partial charge in [-0.15, -0.1) is 11.8 Å². The minimum absolute atomic E-state index is 0.784. The van der Waals surface area contributed by atoms with Crippen LogP contribution in [0.25, 0.3) is 71.3 Å². The first-order valence-corrected chi connectivity index (χ1v) is 16.1. The average molecular weight is 597 g/mol. The molecule has 0 atom stereocenters. The van der Waals surface area contributed by atoms with Gasteiger partial charge in [-0.3, -0.25) is 0 Å². The third kappa shape index (κ3) is 4.29. The van der Waals surface area contributed by atoms with Crippen LogP contribution in [0.4, 0.5) is 5.69 Å². The predicted octanol–water partition coefficient (Wildman–Crippen LogP) is 11.4. The van der Waals surface area contributed by atoms with Crippen molar-refractivity contribution in [1.29, 1.82) is 0 Å². The standard InChI is InChI=1S/C41H28N2OS/c42-35-21-22-39-40(33-10-4-6-12-38(33)44-39)41(35)45-25-26-13-15-27(16-14-26)28-17-19-31(20-18-28)43-36-11-5-3-9-32(36)34-23-29-7-1-2-8-30(29)24-37(34)43/h1-24H,25,42H2. The lowest BCUT2D eigenvalue weighted by atomic mass is 10.0. The Balaban J connectivity index is 1.01. The number of para-hydroxylation sites is 2. The van der Waals surface area contributed by atoms with Crippen molar-refractivity contribution in [2.75, 3.05) is 5.73 Å². The molecule has 45 heavy (non-hydrogen) atoms. The maximum absolute atomic E-state index is 6.47. The molecule has 3 nitrogen and oxygen atoms in total. The van der Waals surface area contributed by atoms with Gasteiger partial charge < -0.3 is 14.7 Å². The molecule has 214 valence electrons. The van der Waals surface area contributed by atoms with Crippen LogP contribution in [-0.2, 0) is 5.75 Å². The van der Waals surface area contributed by atoms with E-state index < -0.39 is 0 Å². The van der Waals surface area contributed by atoms with Crippen molar-refractivity contribution in [3.63, 3.8) is 0 Å². The highest BCUT2D eigenvalue weighted by atomic mass is 32.2. The molecule has 4 heteroatoms. The van der Waals surface area contributed by atoms with E-state index in [1.807, 2.05) is 30.3 Å². The number of hydrogen-bond acceptors (Lipinski definition) is 3. The van der Waals surface area contributed by atoms with Crippen LogP contribution in [0.15, 0.2) is 155 Å². The molecule has 0 bridgehead atoms. The largest absolute Gasteiger partial charge is 0.456 e. The zero-order valence-corrected chi connectivity index (χ0v) is 25.2. The molecule has 0 radical (unpaired) electrons. The summed E-state index contributed by atoms with van der Waals surface area (Å²) in [4.78, 5) is 1.08. The van der Waals surface area contributed by atoms with Crippen LogP contribution in [-0.4, -0.2) is 4.57 Å². The fourth-order valence-electron chi connectivity index (χ4n) is 6.64. The highest BCUT2D eigenvalue weighted by molar-refractivity contribution is 7.99. The number of furan rings is 1. The lowest BCUT2D eigenvalue weighted by molar-refractivity contribution is 0.668. The van der Waals surface area contributed by atoms with Crippen molar-refractivity contribution in [1.82, 2.24) is 4.57 Å². The van der Waals surface area contributed by atoms with E-state index >= 15 is 0 Å². The number of anilines is 1. The second-order valence-electron chi connectivity index (χ2n) is 11.6. The quantitative estimate of drug-likeness (QED) is 0.159. The molecule has 0 amide bonds. The third-order valence-electron chi connectivity index (χ3n) is 8.86. The first kappa shape index (κ1) is 26.0. The monoisotopic (exact) mass is 596 g/mol. The molecule has 0 unspecified atom stereocenters. The Morgan fingerprint density at radius 2 is 1.22 bits per heavy atom. The summed E-state index contributed by atoms with van der Waals surface area (Å²) in [6, 6.07) is 51.8. The van der Waals surface area contributed by atoms with Crippen molar-refractivity contribution in [3.05, 3.63) is 151 Å². The zero-order chi connectivity index (χ0) is 29.9. The van der Waals surface area contributed by atoms with Crippen LogP contribution >= 0.6 is 11.8 Å². The highest BCUT2D eigenvalue weighted by Gasteiger charge is 2.15. The van der Waals surface area contributed by atoms with Crippen LogP contribution < -0.4 is 5.73 Å². The summed E-state index contributed by atoms with van der Waals surface area (Å²) in [6.07, 6.45) is 0. The molecule has 2 N–H and O–H groups in total. The van der Waals surface area contributed by atoms with Crippen molar-refractivity contribution in [2.45, 2.75) is 10.6 Å². The van der Waals surface area contributed by atoms with Gasteiger partial charge in [0.15, 0.2) is 0 Å². The van der Waals surface area contributed by atoms with Crippen molar-refractivity contribution >= 4 is 72.0 Å². The van der Waals surface area contributed by atoms with Crippen LogP contribution in [0.2, 0.25) is 0 Å². The first-order valence-electron chi connectivity index (χ1n) is 15.2. The lowest BCUT2D eigenvalue weighted by Crippen LogP contribution is -1.94. The van der Waals surface area contributed by atoms with E-state index in [1.165, 1.54) is 49.3 Å². The number of hydrogen-bond donors (Lipinski definition) is 1. The Kier molecular flexibility index (Phi) is 5.97. The van der Waals surface area contributed by atoms with Gasteiger partial charge in [-0.2, -0.15) is 0 Å². The van der Waals surface area contributed by atoms with Gasteiger partial charge in [0, 0.05) is 43.6 Å². The normalized spacial score (nSPS) is 11.8. The van der Waals surface area contributed by atoms with Gasteiger partial charge >= 0.3 is 0 Å². The first-order chi connectivity index (χ1) is 22.2. The van der Waals surface area contributed by atoms with Gasteiger partial charge in [0.25, 0.3) is 0 Å². The van der Waals surface area contributed by atoms with Gasteiger partial charge in [0.05, 0.1) is 11.0 Å². The summed E-state index contributed by atoms with van der Waals surface area (Å²) in [5.41, 5.74) is 16.3. The molecule has 9 aromatic rings. The Bertz CT molecular complexity index is 2540. The predicted molar refractivity (Wildman–Crippen MR) is 191 cm³/mol. The van der Waals surface area contributed by atoms with Gasteiger partial charge in [-0.05, 0) is 76.0 Å². The minimum Gasteiger partial charge on any atom is -0.456 e. The van der Waals surface area contributed by atoms with Crippen molar-refractivity contribution in [2.24, 2.45) is 0 Å². The third-order valence-corrected chi connectivity index (χ3v) is 10.1. The number of thioether (sulfide) groups is 1. The molecule has 0 saturated heterocycles. The molecule has 0 aliphatic rings. The Hall–Kier alpha value is -5.45. The van der Waals surface area contributed by atoms with Crippen LogP contribution in [0, 0.1) is 0 Å². The fourth-order valence-corrected chi connectivity index (χ4v) is 7.74. The molecular weight excluding hydrogens is 569 g/mol. The highest BCUT2D eigenvalue weighted by Crippen LogP contribution is 2.41. The molecule has 0 fully saturated rings. The van der Waals surface area contributed by atoms with Gasteiger partial charge in [0.1, 0.15) is 11.2 Å². The molecule has 0 saturated carbocycles. The van der Waals surface area contributed by atoms with Crippen LogP contribution in [0.5, 0.6) is 0 Å². The van der Waals surface area contributed by atoms with E-state index in [-0.39, 0.29) is 0 Å². The SMILES string of the molecule is Nc1ccc2oc3ccccc3c2c1SCc1ccc(-c2ccc(-n3c4ccccc4c4cc5ccccc5cc43)cc2)cc1. The number of nitrogens with zero attached hydrogens (tertiary/aromatic N) is 1. The second-order valence-corrected chi connectivity index (χ2v) is 12.5. The van der Waals surface area contributed by atoms with E-state index in [1.54, 1.807) is 11.8 Å². The Morgan fingerprint density at radius 3 is 2.02 bits per heavy atom. The molecule has 0 spiro atoms. The molecule has 2 aromatic heterocycles. The summed E-state index contributed by atoms with van der Waals surface area (Å²) in [5.74, 6) is 0.824. The number of nitrogens with two attached hydrogens (primary N) is 1. The second kappa shape index (κ2) is 10.3. The smallest absolute Gasteiger partial charge is 0.136 e. The van der Waals surface area contributed by atoms with Crippen LogP contribution in [0.3, 0.4) is 0 Å². The maximum atomic E-state index is 6.47. The molecule has 7 aromatic carbocycles. The summed E-state index contributed by atoms with van der Waals surface area (Å²) in [7, 11) is 0.